The van der Waals surface area contributed by atoms with E-state index in [0.29, 0.717) is 53.0 Å². The Bertz CT molecular complexity index is 1730. The number of benzene rings is 2. The van der Waals surface area contributed by atoms with Crippen LogP contribution in [0.5, 0.6) is 5.75 Å². The van der Waals surface area contributed by atoms with E-state index in [0.717, 1.165) is 18.5 Å². The molecule has 0 unspecified atom stereocenters. The molecule has 246 valence electrons. The summed E-state index contributed by atoms with van der Waals surface area (Å²) in [5.74, 6) is 0.617. The number of likely N-dealkylation sites (N-methyl/N-ethyl adjacent to an activating group) is 2. The van der Waals surface area contributed by atoms with Gasteiger partial charge in [0, 0.05) is 44.0 Å². The van der Waals surface area contributed by atoms with Gasteiger partial charge in [0.2, 0.25) is 21.9 Å². The number of sulfonamides is 1. The first kappa shape index (κ1) is 34.0. The number of hydrogen-bond acceptors (Lipinski definition) is 10. The highest BCUT2D eigenvalue weighted by atomic mass is 32.2. The van der Waals surface area contributed by atoms with Crippen LogP contribution in [-0.4, -0.2) is 93.8 Å². The van der Waals surface area contributed by atoms with Crippen LogP contribution in [0.15, 0.2) is 55.3 Å². The van der Waals surface area contributed by atoms with Crippen molar-refractivity contribution in [3.05, 3.63) is 60.8 Å². The van der Waals surface area contributed by atoms with E-state index in [4.69, 9.17) is 9.72 Å². The molecule has 0 saturated heterocycles. The highest BCUT2D eigenvalue weighted by Gasteiger charge is 2.35. The molecule has 1 aromatic heterocycles. The molecule has 0 saturated carbocycles. The van der Waals surface area contributed by atoms with Crippen LogP contribution in [0.3, 0.4) is 0 Å². The summed E-state index contributed by atoms with van der Waals surface area (Å²) < 4.78 is 32.0. The molecular formula is C31H41N9O5S. The standard InChI is InChI=1S/C31H41N9O5S/c1-9-28(41)33-24-16-25(27(45-7)17-26(24)38(6)14-13-37(4)5)34-30-32-18-21-19-39(20(2)3)31(42)40(29(21)35-30)23-12-10-11-22(15-23)36-46(8,43)44/h9-12,15-18,20,36H,1,13-14,19H2,2-8H3,(H,33,41)(H,32,34,35). The van der Waals surface area contributed by atoms with E-state index in [2.05, 4.69) is 31.8 Å². The van der Waals surface area contributed by atoms with Gasteiger partial charge in [0.1, 0.15) is 5.75 Å². The van der Waals surface area contributed by atoms with E-state index >= 15 is 0 Å². The molecule has 3 amide bonds. The molecule has 0 spiro atoms. The first-order valence-electron chi connectivity index (χ1n) is 14.5. The molecule has 46 heavy (non-hydrogen) atoms. The number of carbonyl (C=O) groups is 2. The number of nitrogens with one attached hydrogen (secondary N) is 3. The van der Waals surface area contributed by atoms with Gasteiger partial charge in [0.15, 0.2) is 5.82 Å². The monoisotopic (exact) mass is 651 g/mol. The summed E-state index contributed by atoms with van der Waals surface area (Å²) in [4.78, 5) is 42.7. The maximum absolute atomic E-state index is 13.8. The number of nitrogens with zero attached hydrogens (tertiary/aromatic N) is 6. The molecule has 3 N–H and O–H groups in total. The molecule has 14 nitrogen and oxygen atoms in total. The minimum Gasteiger partial charge on any atom is -0.494 e. The Morgan fingerprint density at radius 2 is 1.89 bits per heavy atom. The molecule has 3 aromatic rings. The molecule has 0 radical (unpaired) electrons. The zero-order valence-electron chi connectivity index (χ0n) is 27.2. The lowest BCUT2D eigenvalue weighted by atomic mass is 10.1. The van der Waals surface area contributed by atoms with E-state index in [-0.39, 0.29) is 23.9 Å². The zero-order valence-corrected chi connectivity index (χ0v) is 28.0. The summed E-state index contributed by atoms with van der Waals surface area (Å²) >= 11 is 0. The lowest BCUT2D eigenvalue weighted by molar-refractivity contribution is -0.111. The summed E-state index contributed by atoms with van der Waals surface area (Å²) in [5.41, 5.74) is 3.16. The Morgan fingerprint density at radius 1 is 1.15 bits per heavy atom. The van der Waals surface area contributed by atoms with Crippen LogP contribution in [0.4, 0.5) is 45.0 Å². The Hall–Kier alpha value is -4.89. The van der Waals surface area contributed by atoms with Crippen LogP contribution in [0.1, 0.15) is 19.4 Å². The number of methoxy groups -OCH3 is 1. The number of rotatable bonds is 13. The summed E-state index contributed by atoms with van der Waals surface area (Å²) in [6, 6.07) is 9.64. The molecular weight excluding hydrogens is 610 g/mol. The topological polar surface area (TPSA) is 152 Å². The lowest BCUT2D eigenvalue weighted by Gasteiger charge is -2.38. The Morgan fingerprint density at radius 3 is 2.52 bits per heavy atom. The highest BCUT2D eigenvalue weighted by molar-refractivity contribution is 7.92. The SMILES string of the molecule is C=CC(=O)Nc1cc(Nc2ncc3c(n2)N(c2cccc(NS(C)(=O)=O)c2)C(=O)N(C(C)C)C3)c(OC)cc1N(C)CCN(C)C. The molecule has 1 aliphatic rings. The fourth-order valence-electron chi connectivity index (χ4n) is 4.82. The van der Waals surface area contributed by atoms with Crippen molar-refractivity contribution in [3.8, 4) is 5.75 Å². The average molecular weight is 652 g/mol. The normalized spacial score (nSPS) is 13.0. The zero-order chi connectivity index (χ0) is 33.8. The molecule has 0 fully saturated rings. The van der Waals surface area contributed by atoms with Gasteiger partial charge in [0.05, 0.1) is 48.3 Å². The van der Waals surface area contributed by atoms with Gasteiger partial charge in [-0.1, -0.05) is 12.6 Å². The number of aromatic nitrogens is 2. The van der Waals surface area contributed by atoms with Gasteiger partial charge in [-0.25, -0.2) is 23.1 Å². The second kappa shape index (κ2) is 14.0. The maximum Gasteiger partial charge on any atom is 0.330 e. The first-order valence-corrected chi connectivity index (χ1v) is 16.4. The largest absolute Gasteiger partial charge is 0.494 e. The molecule has 4 rings (SSSR count). The third-order valence-corrected chi connectivity index (χ3v) is 7.77. The highest BCUT2D eigenvalue weighted by Crippen LogP contribution is 2.39. The van der Waals surface area contributed by atoms with Crippen molar-refractivity contribution < 1.29 is 22.7 Å². The van der Waals surface area contributed by atoms with Crippen molar-refractivity contribution in [2.24, 2.45) is 0 Å². The number of urea groups is 1. The summed E-state index contributed by atoms with van der Waals surface area (Å²) in [5, 5.41) is 6.06. The van der Waals surface area contributed by atoms with Crippen molar-refractivity contribution >= 4 is 62.2 Å². The Kier molecular flexibility index (Phi) is 10.4. The third kappa shape index (κ3) is 8.03. The number of amides is 3. The quantitative estimate of drug-likeness (QED) is 0.229. The van der Waals surface area contributed by atoms with Crippen molar-refractivity contribution in [3.63, 3.8) is 0 Å². The van der Waals surface area contributed by atoms with Gasteiger partial charge in [-0.05, 0) is 58.3 Å². The fourth-order valence-corrected chi connectivity index (χ4v) is 5.37. The van der Waals surface area contributed by atoms with Gasteiger partial charge in [-0.3, -0.25) is 9.52 Å². The van der Waals surface area contributed by atoms with E-state index < -0.39 is 10.0 Å². The van der Waals surface area contributed by atoms with Crippen LogP contribution in [0.25, 0.3) is 0 Å². The van der Waals surface area contributed by atoms with Gasteiger partial charge in [0.25, 0.3) is 0 Å². The van der Waals surface area contributed by atoms with E-state index in [1.165, 1.54) is 18.1 Å². The number of hydrogen-bond donors (Lipinski definition) is 3. The Balaban J connectivity index is 1.78. The van der Waals surface area contributed by atoms with Crippen molar-refractivity contribution in [2.75, 3.05) is 72.8 Å². The number of anilines is 7. The first-order chi connectivity index (χ1) is 21.7. The summed E-state index contributed by atoms with van der Waals surface area (Å²) in [6.45, 7) is 9.16. The minimum atomic E-state index is -3.55. The third-order valence-electron chi connectivity index (χ3n) is 7.16. The molecule has 0 bridgehead atoms. The lowest BCUT2D eigenvalue weighted by Crippen LogP contribution is -2.48. The van der Waals surface area contributed by atoms with Crippen LogP contribution in [0.2, 0.25) is 0 Å². The molecule has 2 aromatic carbocycles. The second-order valence-corrected chi connectivity index (χ2v) is 13.2. The smallest absolute Gasteiger partial charge is 0.330 e. The van der Waals surface area contributed by atoms with Crippen LogP contribution >= 0.6 is 0 Å². The Labute approximate surface area is 270 Å². The van der Waals surface area contributed by atoms with Crippen molar-refractivity contribution in [1.29, 1.82) is 0 Å². The fraction of sp³-hybridized carbons (Fsp3) is 0.355. The number of ether oxygens (including phenoxy) is 1. The number of fused-ring (bicyclic) bond motifs is 1. The van der Waals surface area contributed by atoms with Gasteiger partial charge in [-0.15, -0.1) is 0 Å². The molecule has 0 atom stereocenters. The number of carbonyl (C=O) groups excluding carboxylic acids is 2. The molecule has 2 heterocycles. The molecule has 0 aliphatic carbocycles. The van der Waals surface area contributed by atoms with Gasteiger partial charge in [-0.2, -0.15) is 4.98 Å². The predicted octanol–water partition coefficient (Wildman–Crippen LogP) is 4.20. The van der Waals surface area contributed by atoms with Crippen molar-refractivity contribution in [1.82, 2.24) is 19.8 Å². The van der Waals surface area contributed by atoms with Gasteiger partial charge < -0.3 is 30.1 Å². The second-order valence-electron chi connectivity index (χ2n) is 11.4. The van der Waals surface area contributed by atoms with Crippen LogP contribution in [0, 0.1) is 0 Å². The minimum absolute atomic E-state index is 0.124. The summed E-state index contributed by atoms with van der Waals surface area (Å²) in [7, 11) is 3.89. The average Bonchev–Trinajstić information content (AvgIpc) is 2.98. The van der Waals surface area contributed by atoms with Crippen LogP contribution in [-0.2, 0) is 21.4 Å². The van der Waals surface area contributed by atoms with Crippen LogP contribution < -0.4 is 29.9 Å². The van der Waals surface area contributed by atoms with E-state index in [1.54, 1.807) is 41.4 Å². The maximum atomic E-state index is 13.8. The van der Waals surface area contributed by atoms with Gasteiger partial charge >= 0.3 is 6.03 Å². The van der Waals surface area contributed by atoms with Crippen molar-refractivity contribution in [2.45, 2.75) is 26.4 Å². The van der Waals surface area contributed by atoms with E-state index in [1.807, 2.05) is 46.0 Å². The molecule has 15 heteroatoms. The predicted molar refractivity (Wildman–Crippen MR) is 182 cm³/mol. The molecule has 1 aliphatic heterocycles. The van der Waals surface area contributed by atoms with E-state index in [9.17, 15) is 18.0 Å². The summed E-state index contributed by atoms with van der Waals surface area (Å²) in [6.07, 6.45) is 3.90.